The largest absolute Gasteiger partial charge is 0.492 e. The summed E-state index contributed by atoms with van der Waals surface area (Å²) in [4.78, 5) is 14.6. The summed E-state index contributed by atoms with van der Waals surface area (Å²) in [6.45, 7) is 9.65. The first-order chi connectivity index (χ1) is 10.1. The Bertz CT molecular complexity index is 446. The number of unbranched alkanes of at least 4 members (excludes halogenated alkanes) is 1. The Hall–Kier alpha value is -1.55. The van der Waals surface area contributed by atoms with Crippen molar-refractivity contribution in [1.29, 1.82) is 0 Å². The van der Waals surface area contributed by atoms with E-state index in [1.54, 1.807) is 18.2 Å². The number of benzene rings is 1. The summed E-state index contributed by atoms with van der Waals surface area (Å²) in [5.41, 5.74) is 7.10. The van der Waals surface area contributed by atoms with Gasteiger partial charge < -0.3 is 15.4 Å². The number of nitrogen functional groups attached to an aromatic ring is 1. The number of ether oxygens (including phenoxy) is 1. The number of carbonyl (C=O) groups is 1. The highest BCUT2D eigenvalue weighted by Gasteiger charge is 2.11. The molecule has 0 saturated carbocycles. The maximum Gasteiger partial charge on any atom is 0.164 e. The number of nitrogens with zero attached hydrogens (tertiary/aromatic N) is 1. The molecular formula is C17H28N2O2. The monoisotopic (exact) mass is 292 g/mol. The molecule has 0 bridgehead atoms. The maximum absolute atomic E-state index is 12.2. The molecule has 1 aromatic rings. The van der Waals surface area contributed by atoms with Gasteiger partial charge in [-0.2, -0.15) is 0 Å². The molecule has 0 saturated heterocycles. The van der Waals surface area contributed by atoms with Crippen LogP contribution in [0.2, 0.25) is 0 Å². The van der Waals surface area contributed by atoms with Gasteiger partial charge in [0.15, 0.2) is 5.78 Å². The van der Waals surface area contributed by atoms with E-state index in [1.165, 1.54) is 12.8 Å². The number of Topliss-reactive ketones (excluding diaryl/α,β-unsaturated/α-hetero) is 1. The van der Waals surface area contributed by atoms with Crippen molar-refractivity contribution in [3.05, 3.63) is 23.8 Å². The van der Waals surface area contributed by atoms with Crippen LogP contribution in [-0.4, -0.2) is 36.9 Å². The van der Waals surface area contributed by atoms with Gasteiger partial charge >= 0.3 is 0 Å². The molecule has 4 nitrogen and oxygen atoms in total. The zero-order valence-electron chi connectivity index (χ0n) is 13.5. The lowest BCUT2D eigenvalue weighted by Gasteiger charge is -2.19. The lowest BCUT2D eigenvalue weighted by molar-refractivity contribution is 0.0965. The van der Waals surface area contributed by atoms with Crippen LogP contribution in [0.3, 0.4) is 0 Å². The molecule has 118 valence electrons. The van der Waals surface area contributed by atoms with Gasteiger partial charge in [-0.05, 0) is 44.6 Å². The Labute approximate surface area is 128 Å². The first kappa shape index (κ1) is 17.5. The predicted octanol–water partition coefficient (Wildman–Crippen LogP) is 3.36. The van der Waals surface area contributed by atoms with Gasteiger partial charge in [0.05, 0.1) is 12.3 Å². The summed E-state index contributed by atoms with van der Waals surface area (Å²) < 4.78 is 5.39. The summed E-state index contributed by atoms with van der Waals surface area (Å²) in [5.74, 6) is 0.784. The van der Waals surface area contributed by atoms with E-state index in [9.17, 15) is 4.79 Å². The fourth-order valence-electron chi connectivity index (χ4n) is 2.22. The molecule has 0 heterocycles. The van der Waals surface area contributed by atoms with Gasteiger partial charge in [-0.15, -0.1) is 0 Å². The standard InChI is InChI=1S/C17H28N2O2/c1-4-7-11-19(5-2)12-10-16(20)14-8-9-17(21-6-3)15(18)13-14/h8-9,13H,4-7,10-12,18H2,1-3H3. The second-order valence-corrected chi connectivity index (χ2v) is 5.15. The van der Waals surface area contributed by atoms with E-state index < -0.39 is 0 Å². The van der Waals surface area contributed by atoms with E-state index in [4.69, 9.17) is 10.5 Å². The molecule has 21 heavy (non-hydrogen) atoms. The molecule has 2 N–H and O–H groups in total. The Balaban J connectivity index is 2.57. The summed E-state index contributed by atoms with van der Waals surface area (Å²) >= 11 is 0. The lowest BCUT2D eigenvalue weighted by Crippen LogP contribution is -2.27. The van der Waals surface area contributed by atoms with Gasteiger partial charge in [0.2, 0.25) is 0 Å². The molecule has 1 rings (SSSR count). The fraction of sp³-hybridized carbons (Fsp3) is 0.588. The number of hydrogen-bond acceptors (Lipinski definition) is 4. The summed E-state index contributed by atoms with van der Waals surface area (Å²) in [6.07, 6.45) is 2.89. The van der Waals surface area contributed by atoms with Crippen LogP contribution >= 0.6 is 0 Å². The average molecular weight is 292 g/mol. The van der Waals surface area contributed by atoms with E-state index >= 15 is 0 Å². The number of anilines is 1. The van der Waals surface area contributed by atoms with Gasteiger partial charge in [0, 0.05) is 18.5 Å². The van der Waals surface area contributed by atoms with Crippen molar-refractivity contribution < 1.29 is 9.53 Å². The van der Waals surface area contributed by atoms with Crippen LogP contribution in [0.5, 0.6) is 5.75 Å². The third-order valence-corrected chi connectivity index (χ3v) is 3.56. The van der Waals surface area contributed by atoms with Crippen molar-refractivity contribution in [3.8, 4) is 5.75 Å². The highest BCUT2D eigenvalue weighted by molar-refractivity contribution is 5.97. The van der Waals surface area contributed by atoms with E-state index in [2.05, 4.69) is 18.7 Å². The molecule has 4 heteroatoms. The van der Waals surface area contributed by atoms with Crippen molar-refractivity contribution in [3.63, 3.8) is 0 Å². The first-order valence-electron chi connectivity index (χ1n) is 7.90. The predicted molar refractivity (Wildman–Crippen MR) is 88.0 cm³/mol. The third-order valence-electron chi connectivity index (χ3n) is 3.56. The van der Waals surface area contributed by atoms with Crippen LogP contribution in [0, 0.1) is 0 Å². The van der Waals surface area contributed by atoms with Crippen LogP contribution in [0.1, 0.15) is 50.4 Å². The number of carbonyl (C=O) groups excluding carboxylic acids is 1. The van der Waals surface area contributed by atoms with Crippen molar-refractivity contribution >= 4 is 11.5 Å². The summed E-state index contributed by atoms with van der Waals surface area (Å²) in [6, 6.07) is 5.29. The smallest absolute Gasteiger partial charge is 0.164 e. The topological polar surface area (TPSA) is 55.6 Å². The second-order valence-electron chi connectivity index (χ2n) is 5.15. The van der Waals surface area contributed by atoms with Crippen LogP contribution in [0.15, 0.2) is 18.2 Å². The highest BCUT2D eigenvalue weighted by Crippen LogP contribution is 2.23. The molecule has 1 aromatic carbocycles. The van der Waals surface area contributed by atoms with Gasteiger partial charge in [-0.1, -0.05) is 20.3 Å². The highest BCUT2D eigenvalue weighted by atomic mass is 16.5. The molecule has 0 fully saturated rings. The number of hydrogen-bond donors (Lipinski definition) is 1. The van der Waals surface area contributed by atoms with E-state index in [-0.39, 0.29) is 5.78 Å². The maximum atomic E-state index is 12.2. The molecule has 0 aliphatic heterocycles. The number of nitrogens with two attached hydrogens (primary N) is 1. The van der Waals surface area contributed by atoms with Crippen LogP contribution in [0.25, 0.3) is 0 Å². The SMILES string of the molecule is CCCCN(CC)CCC(=O)c1ccc(OCC)c(N)c1. The average Bonchev–Trinajstić information content (AvgIpc) is 2.49. The Morgan fingerprint density at radius 3 is 2.57 bits per heavy atom. The number of ketones is 1. The van der Waals surface area contributed by atoms with Gasteiger partial charge in [-0.3, -0.25) is 4.79 Å². The van der Waals surface area contributed by atoms with E-state index in [0.717, 1.165) is 19.6 Å². The molecular weight excluding hydrogens is 264 g/mol. The third kappa shape index (κ3) is 5.76. The molecule has 0 aliphatic rings. The molecule has 0 unspecified atom stereocenters. The van der Waals surface area contributed by atoms with Gasteiger partial charge in [0.1, 0.15) is 5.75 Å². The minimum absolute atomic E-state index is 0.139. The molecule has 0 aliphatic carbocycles. The molecule has 0 atom stereocenters. The van der Waals surface area contributed by atoms with E-state index in [0.29, 0.717) is 30.0 Å². The normalized spacial score (nSPS) is 10.9. The molecule has 0 aromatic heterocycles. The quantitative estimate of drug-likeness (QED) is 0.530. The van der Waals surface area contributed by atoms with Gasteiger partial charge in [-0.25, -0.2) is 0 Å². The van der Waals surface area contributed by atoms with Crippen LogP contribution in [-0.2, 0) is 0 Å². The van der Waals surface area contributed by atoms with Crippen molar-refractivity contribution in [2.45, 2.75) is 40.0 Å². The van der Waals surface area contributed by atoms with Crippen LogP contribution in [0.4, 0.5) is 5.69 Å². The zero-order chi connectivity index (χ0) is 15.7. The minimum atomic E-state index is 0.139. The zero-order valence-corrected chi connectivity index (χ0v) is 13.5. The Morgan fingerprint density at radius 1 is 1.24 bits per heavy atom. The summed E-state index contributed by atoms with van der Waals surface area (Å²) in [5, 5.41) is 0. The molecule has 0 radical (unpaired) electrons. The Morgan fingerprint density at radius 2 is 2.00 bits per heavy atom. The summed E-state index contributed by atoms with van der Waals surface area (Å²) in [7, 11) is 0. The minimum Gasteiger partial charge on any atom is -0.492 e. The molecule has 0 spiro atoms. The van der Waals surface area contributed by atoms with Crippen molar-refractivity contribution in [1.82, 2.24) is 4.90 Å². The van der Waals surface area contributed by atoms with Crippen molar-refractivity contribution in [2.24, 2.45) is 0 Å². The molecule has 0 amide bonds. The second kappa shape index (κ2) is 9.40. The van der Waals surface area contributed by atoms with Gasteiger partial charge in [0.25, 0.3) is 0 Å². The van der Waals surface area contributed by atoms with Crippen LogP contribution < -0.4 is 10.5 Å². The fourth-order valence-corrected chi connectivity index (χ4v) is 2.22. The lowest BCUT2D eigenvalue weighted by atomic mass is 10.1. The Kier molecular flexibility index (Phi) is 7.83. The van der Waals surface area contributed by atoms with E-state index in [1.807, 2.05) is 6.92 Å². The van der Waals surface area contributed by atoms with Crippen molar-refractivity contribution in [2.75, 3.05) is 32.0 Å². The number of rotatable bonds is 10. The first-order valence-corrected chi connectivity index (χ1v) is 7.90.